The number of amides is 2. The highest BCUT2D eigenvalue weighted by Gasteiger charge is 2.22. The van der Waals surface area contributed by atoms with Gasteiger partial charge in [0.15, 0.2) is 6.61 Å². The number of carbonyl (C=O) groups excluding carboxylic acids is 2. The molecule has 0 spiro atoms. The second-order valence-electron chi connectivity index (χ2n) is 7.85. The van der Waals surface area contributed by atoms with E-state index >= 15 is 0 Å². The zero-order valence-electron chi connectivity index (χ0n) is 18.1. The molecule has 0 radical (unpaired) electrons. The van der Waals surface area contributed by atoms with E-state index in [0.717, 1.165) is 44.0 Å². The Kier molecular flexibility index (Phi) is 7.33. The molecule has 1 aliphatic rings. The van der Waals surface area contributed by atoms with Crippen LogP contribution in [0.4, 0.5) is 11.4 Å². The van der Waals surface area contributed by atoms with Gasteiger partial charge in [0.25, 0.3) is 5.91 Å². The highest BCUT2D eigenvalue weighted by Crippen LogP contribution is 2.20. The van der Waals surface area contributed by atoms with Crippen LogP contribution in [-0.4, -0.2) is 49.5 Å². The lowest BCUT2D eigenvalue weighted by Crippen LogP contribution is -2.49. The number of nitrogens with zero attached hydrogens (tertiary/aromatic N) is 2. The number of piperazine rings is 1. The molecule has 30 heavy (non-hydrogen) atoms. The molecule has 1 heterocycles. The molecule has 160 valence electrons. The van der Waals surface area contributed by atoms with Crippen molar-refractivity contribution in [1.29, 1.82) is 0 Å². The number of hydrogen-bond donors (Lipinski definition) is 1. The van der Waals surface area contributed by atoms with Crippen LogP contribution in [0.2, 0.25) is 0 Å². The summed E-state index contributed by atoms with van der Waals surface area (Å²) in [6.45, 7) is 9.06. The van der Waals surface area contributed by atoms with Crippen LogP contribution in [0.1, 0.15) is 26.3 Å². The standard InChI is InChI=1S/C24H31N3O3/c1-4-19-5-11-22(12-6-19)30-17-23(28)25-20-7-9-21(10-8-20)26-13-15-27(16-14-26)24(29)18(2)3/h5-12,18H,4,13-17H2,1-3H3,(H,25,28). The van der Waals surface area contributed by atoms with E-state index in [1.165, 1.54) is 5.56 Å². The molecule has 1 aliphatic heterocycles. The van der Waals surface area contributed by atoms with E-state index in [0.29, 0.717) is 5.75 Å². The van der Waals surface area contributed by atoms with E-state index in [-0.39, 0.29) is 24.3 Å². The minimum atomic E-state index is -0.192. The molecular formula is C24H31N3O3. The van der Waals surface area contributed by atoms with Crippen molar-refractivity contribution in [2.24, 2.45) is 5.92 Å². The molecule has 0 atom stereocenters. The van der Waals surface area contributed by atoms with Crippen molar-refractivity contribution in [2.45, 2.75) is 27.2 Å². The van der Waals surface area contributed by atoms with E-state index < -0.39 is 0 Å². The molecule has 2 aromatic rings. The monoisotopic (exact) mass is 409 g/mol. The van der Waals surface area contributed by atoms with Gasteiger partial charge in [-0.25, -0.2) is 0 Å². The number of ether oxygens (including phenoxy) is 1. The Balaban J connectivity index is 1.46. The van der Waals surface area contributed by atoms with Gasteiger partial charge in [-0.2, -0.15) is 0 Å². The van der Waals surface area contributed by atoms with E-state index in [2.05, 4.69) is 17.1 Å². The van der Waals surface area contributed by atoms with Gasteiger partial charge in [0, 0.05) is 43.5 Å². The molecule has 2 amide bonds. The minimum Gasteiger partial charge on any atom is -0.484 e. The molecular weight excluding hydrogens is 378 g/mol. The minimum absolute atomic E-state index is 0.0287. The Hall–Kier alpha value is -3.02. The molecule has 1 saturated heterocycles. The summed E-state index contributed by atoms with van der Waals surface area (Å²) in [6.07, 6.45) is 0.975. The van der Waals surface area contributed by atoms with Crippen molar-refractivity contribution in [3.05, 3.63) is 54.1 Å². The van der Waals surface area contributed by atoms with Crippen LogP contribution in [0.15, 0.2) is 48.5 Å². The third kappa shape index (κ3) is 5.75. The van der Waals surface area contributed by atoms with Gasteiger partial charge in [-0.3, -0.25) is 9.59 Å². The predicted molar refractivity (Wildman–Crippen MR) is 120 cm³/mol. The lowest BCUT2D eigenvalue weighted by atomic mass is 10.1. The van der Waals surface area contributed by atoms with Gasteiger partial charge in [-0.05, 0) is 48.4 Å². The zero-order valence-corrected chi connectivity index (χ0v) is 18.1. The van der Waals surface area contributed by atoms with Crippen LogP contribution in [0, 0.1) is 5.92 Å². The van der Waals surface area contributed by atoms with Crippen LogP contribution >= 0.6 is 0 Å². The maximum absolute atomic E-state index is 12.2. The third-order valence-electron chi connectivity index (χ3n) is 5.30. The van der Waals surface area contributed by atoms with E-state index in [9.17, 15) is 9.59 Å². The fourth-order valence-electron chi connectivity index (χ4n) is 3.47. The quantitative estimate of drug-likeness (QED) is 0.759. The maximum atomic E-state index is 12.2. The molecule has 3 rings (SSSR count). The Morgan fingerprint density at radius 1 is 0.967 bits per heavy atom. The smallest absolute Gasteiger partial charge is 0.262 e. The van der Waals surface area contributed by atoms with Crippen LogP contribution < -0.4 is 15.0 Å². The highest BCUT2D eigenvalue weighted by atomic mass is 16.5. The average molecular weight is 410 g/mol. The first kappa shape index (κ1) is 21.7. The Morgan fingerprint density at radius 3 is 2.17 bits per heavy atom. The number of aryl methyl sites for hydroxylation is 1. The average Bonchev–Trinajstić information content (AvgIpc) is 2.78. The summed E-state index contributed by atoms with van der Waals surface area (Å²) >= 11 is 0. The summed E-state index contributed by atoms with van der Waals surface area (Å²) in [6, 6.07) is 15.6. The maximum Gasteiger partial charge on any atom is 0.262 e. The second-order valence-corrected chi connectivity index (χ2v) is 7.85. The summed E-state index contributed by atoms with van der Waals surface area (Å²) < 4.78 is 5.55. The lowest BCUT2D eigenvalue weighted by molar-refractivity contribution is -0.134. The normalized spacial score (nSPS) is 14.0. The molecule has 0 aliphatic carbocycles. The first-order valence-electron chi connectivity index (χ1n) is 10.6. The topological polar surface area (TPSA) is 61.9 Å². The number of carbonyl (C=O) groups is 2. The van der Waals surface area contributed by atoms with Crippen molar-refractivity contribution in [3.8, 4) is 5.75 Å². The number of nitrogens with one attached hydrogen (secondary N) is 1. The van der Waals surface area contributed by atoms with Crippen LogP contribution in [0.25, 0.3) is 0 Å². The largest absolute Gasteiger partial charge is 0.484 e. The van der Waals surface area contributed by atoms with Crippen LogP contribution in [-0.2, 0) is 16.0 Å². The van der Waals surface area contributed by atoms with Gasteiger partial charge in [-0.15, -0.1) is 0 Å². The summed E-state index contributed by atoms with van der Waals surface area (Å²) in [5.74, 6) is 0.756. The van der Waals surface area contributed by atoms with E-state index in [1.54, 1.807) is 0 Å². The summed E-state index contributed by atoms with van der Waals surface area (Å²) in [5, 5.41) is 2.86. The molecule has 1 fully saturated rings. The van der Waals surface area contributed by atoms with Gasteiger partial charge in [0.05, 0.1) is 0 Å². The van der Waals surface area contributed by atoms with Gasteiger partial charge in [0.2, 0.25) is 5.91 Å². The Bertz CT molecular complexity index is 839. The Morgan fingerprint density at radius 2 is 1.60 bits per heavy atom. The molecule has 2 aromatic carbocycles. The molecule has 0 bridgehead atoms. The van der Waals surface area contributed by atoms with Crippen molar-refractivity contribution < 1.29 is 14.3 Å². The predicted octanol–water partition coefficient (Wildman–Crippen LogP) is 3.57. The third-order valence-corrected chi connectivity index (χ3v) is 5.30. The van der Waals surface area contributed by atoms with Crippen molar-refractivity contribution in [2.75, 3.05) is 43.0 Å². The molecule has 0 unspecified atom stereocenters. The molecule has 0 aromatic heterocycles. The summed E-state index contributed by atoms with van der Waals surface area (Å²) in [7, 11) is 0. The van der Waals surface area contributed by atoms with Gasteiger partial charge in [-0.1, -0.05) is 32.9 Å². The zero-order chi connectivity index (χ0) is 21.5. The highest BCUT2D eigenvalue weighted by molar-refractivity contribution is 5.92. The fourth-order valence-corrected chi connectivity index (χ4v) is 3.47. The van der Waals surface area contributed by atoms with Crippen molar-refractivity contribution in [3.63, 3.8) is 0 Å². The number of hydrogen-bond acceptors (Lipinski definition) is 4. The van der Waals surface area contributed by atoms with E-state index in [1.807, 2.05) is 67.3 Å². The number of anilines is 2. The molecule has 6 nitrogen and oxygen atoms in total. The first-order valence-corrected chi connectivity index (χ1v) is 10.6. The van der Waals surface area contributed by atoms with Gasteiger partial charge in [0.1, 0.15) is 5.75 Å². The van der Waals surface area contributed by atoms with Gasteiger partial charge >= 0.3 is 0 Å². The Labute approximate surface area is 178 Å². The molecule has 0 saturated carbocycles. The number of rotatable bonds is 7. The van der Waals surface area contributed by atoms with Crippen molar-refractivity contribution >= 4 is 23.2 Å². The first-order chi connectivity index (χ1) is 14.5. The fraction of sp³-hybridized carbons (Fsp3) is 0.417. The summed E-state index contributed by atoms with van der Waals surface area (Å²) in [5.41, 5.74) is 3.07. The van der Waals surface area contributed by atoms with Crippen LogP contribution in [0.5, 0.6) is 5.75 Å². The molecule has 6 heteroatoms. The van der Waals surface area contributed by atoms with Crippen molar-refractivity contribution in [1.82, 2.24) is 4.90 Å². The number of benzene rings is 2. The van der Waals surface area contributed by atoms with E-state index in [4.69, 9.17) is 4.74 Å². The molecule has 1 N–H and O–H groups in total. The lowest BCUT2D eigenvalue weighted by Gasteiger charge is -2.37. The van der Waals surface area contributed by atoms with Gasteiger partial charge < -0.3 is 19.9 Å². The SMILES string of the molecule is CCc1ccc(OCC(=O)Nc2ccc(N3CCN(C(=O)C(C)C)CC3)cc2)cc1. The summed E-state index contributed by atoms with van der Waals surface area (Å²) in [4.78, 5) is 28.5. The second kappa shape index (κ2) is 10.1. The van der Waals surface area contributed by atoms with Crippen LogP contribution in [0.3, 0.4) is 0 Å².